The van der Waals surface area contributed by atoms with Gasteiger partial charge < -0.3 is 19.3 Å². The molecule has 1 aliphatic heterocycles. The van der Waals surface area contributed by atoms with Crippen molar-refractivity contribution in [2.45, 2.75) is 31.5 Å². The summed E-state index contributed by atoms with van der Waals surface area (Å²) in [6.45, 7) is -0.00432. The Bertz CT molecular complexity index is 607. The summed E-state index contributed by atoms with van der Waals surface area (Å²) in [6, 6.07) is 19.6. The van der Waals surface area contributed by atoms with E-state index in [1.54, 1.807) is 0 Å². The van der Waals surface area contributed by atoms with Gasteiger partial charge in [-0.2, -0.15) is 0 Å². The summed E-state index contributed by atoms with van der Waals surface area (Å²) in [5.41, 5.74) is 2.06. The summed E-state index contributed by atoms with van der Waals surface area (Å²) in [5, 5.41) is 10.3. The van der Waals surface area contributed by atoms with Crippen LogP contribution >= 0.6 is 0 Å². The quantitative estimate of drug-likeness (QED) is 0.890. The third-order valence-corrected chi connectivity index (χ3v) is 3.79. The molecular formula is C19H22O4. The highest BCUT2D eigenvalue weighted by Gasteiger charge is 2.34. The molecule has 2 aromatic carbocycles. The fourth-order valence-corrected chi connectivity index (χ4v) is 2.53. The number of aliphatic hydroxyl groups is 1. The van der Waals surface area contributed by atoms with E-state index in [0.717, 1.165) is 11.1 Å². The van der Waals surface area contributed by atoms with Crippen molar-refractivity contribution in [1.29, 1.82) is 0 Å². The van der Waals surface area contributed by atoms with E-state index >= 15 is 0 Å². The third-order valence-electron chi connectivity index (χ3n) is 3.79. The van der Waals surface area contributed by atoms with Crippen molar-refractivity contribution in [1.82, 2.24) is 0 Å². The molecule has 0 amide bonds. The molecule has 4 atom stereocenters. The first-order valence-corrected chi connectivity index (χ1v) is 7.77. The van der Waals surface area contributed by atoms with Crippen molar-refractivity contribution in [3.05, 3.63) is 71.8 Å². The van der Waals surface area contributed by atoms with Gasteiger partial charge in [-0.25, -0.2) is 0 Å². The van der Waals surface area contributed by atoms with Gasteiger partial charge in [0.1, 0.15) is 18.3 Å². The minimum atomic E-state index is -1.04. The van der Waals surface area contributed by atoms with Crippen molar-refractivity contribution >= 4 is 0 Å². The maximum Gasteiger partial charge on any atom is 0.114 e. The summed E-state index contributed by atoms with van der Waals surface area (Å²) in [6.07, 6.45) is -2.04. The van der Waals surface area contributed by atoms with Gasteiger partial charge >= 0.3 is 0 Å². The Labute approximate surface area is 138 Å². The number of hydrogen-bond acceptors (Lipinski definition) is 4. The lowest BCUT2D eigenvalue weighted by molar-refractivity contribution is -0.195. The van der Waals surface area contributed by atoms with Gasteiger partial charge in [-0.05, 0) is 11.1 Å². The van der Waals surface area contributed by atoms with Crippen molar-refractivity contribution in [2.75, 3.05) is 13.2 Å². The van der Waals surface area contributed by atoms with E-state index in [-0.39, 0.29) is 6.61 Å². The Morgan fingerprint density at radius 1 is 0.957 bits per heavy atom. The fourth-order valence-electron chi connectivity index (χ4n) is 2.53. The summed E-state index contributed by atoms with van der Waals surface area (Å²) in [7, 11) is 0. The second kappa shape index (κ2) is 8.22. The predicted octanol–water partition coefficient (Wildman–Crippen LogP) is 2.55. The molecule has 2 aromatic rings. The first-order chi connectivity index (χ1) is 11.7. The Morgan fingerprint density at radius 3 is 2.13 bits per heavy atom. The van der Waals surface area contributed by atoms with Gasteiger partial charge in [-0.1, -0.05) is 60.7 Å². The molecule has 0 saturated carbocycles. The lowest BCUT2D eigenvalue weighted by Crippen LogP contribution is -2.50. The highest BCUT2D eigenvalue weighted by Crippen LogP contribution is 2.19. The topological polar surface area (TPSA) is 47.9 Å². The van der Waals surface area contributed by atoms with Crippen LogP contribution in [0, 0.1) is 0 Å². The summed E-state index contributed by atoms with van der Waals surface area (Å²) in [5.74, 6) is 0. The minimum absolute atomic E-state index is 0.234. The Balaban J connectivity index is 1.61. The van der Waals surface area contributed by atoms with E-state index in [9.17, 15) is 5.11 Å². The number of rotatable bonds is 6. The Kier molecular flexibility index (Phi) is 5.31. The zero-order valence-corrected chi connectivity index (χ0v) is 12.9. The average Bonchev–Trinajstić information content (AvgIpc) is 2.63. The van der Waals surface area contributed by atoms with Gasteiger partial charge in [0.05, 0.1) is 27.8 Å². The van der Waals surface area contributed by atoms with Crippen LogP contribution < -0.4 is 0 Å². The van der Waals surface area contributed by atoms with Crippen LogP contribution in [0.25, 0.3) is 0 Å². The molecule has 0 unspecified atom stereocenters. The Hall–Kier alpha value is -1.72. The van der Waals surface area contributed by atoms with Crippen LogP contribution in [-0.4, -0.2) is 36.6 Å². The molecule has 0 radical (unpaired) electrons. The maximum absolute atomic E-state index is 10.3. The zero-order valence-electron chi connectivity index (χ0n) is 13.9. The van der Waals surface area contributed by atoms with Crippen LogP contribution in [0.2, 0.25) is 0 Å². The van der Waals surface area contributed by atoms with Crippen LogP contribution in [-0.2, 0) is 27.4 Å². The van der Waals surface area contributed by atoms with Gasteiger partial charge in [-0.3, -0.25) is 0 Å². The van der Waals surface area contributed by atoms with Gasteiger partial charge in [0.15, 0.2) is 0 Å². The van der Waals surface area contributed by atoms with Gasteiger partial charge in [0.2, 0.25) is 0 Å². The van der Waals surface area contributed by atoms with E-state index in [0.29, 0.717) is 13.2 Å². The summed E-state index contributed by atoms with van der Waals surface area (Å²) >= 11 is 0. The van der Waals surface area contributed by atoms with Crippen LogP contribution in [0.5, 0.6) is 0 Å². The summed E-state index contributed by atoms with van der Waals surface area (Å²) in [4.78, 5) is 0. The maximum atomic E-state index is 10.3. The predicted molar refractivity (Wildman–Crippen MR) is 86.9 cm³/mol. The number of ether oxygens (including phenoxy) is 3. The Morgan fingerprint density at radius 2 is 1.52 bits per heavy atom. The molecule has 0 spiro atoms. The van der Waals surface area contributed by atoms with Gasteiger partial charge in [0.25, 0.3) is 0 Å². The molecule has 1 N–H and O–H groups in total. The van der Waals surface area contributed by atoms with Crippen molar-refractivity contribution in [3.8, 4) is 0 Å². The SMILES string of the molecule is [2H][C@H]1OC[C@@H](OCc2ccccc2)[C@H](OCc2ccccc2)[C@@H]1O. The molecule has 0 aromatic heterocycles. The molecule has 122 valence electrons. The molecule has 23 heavy (non-hydrogen) atoms. The molecule has 1 aliphatic rings. The highest BCUT2D eigenvalue weighted by molar-refractivity contribution is 5.14. The van der Waals surface area contributed by atoms with E-state index in [4.69, 9.17) is 15.6 Å². The van der Waals surface area contributed by atoms with Crippen molar-refractivity contribution < 1.29 is 20.7 Å². The number of hydrogen-bond donors (Lipinski definition) is 1. The average molecular weight is 315 g/mol. The zero-order chi connectivity index (χ0) is 16.8. The highest BCUT2D eigenvalue weighted by atomic mass is 16.6. The van der Waals surface area contributed by atoms with Crippen LogP contribution in [0.1, 0.15) is 12.5 Å². The van der Waals surface area contributed by atoms with E-state index in [2.05, 4.69) is 0 Å². The second-order valence-corrected chi connectivity index (χ2v) is 5.56. The molecule has 0 bridgehead atoms. The normalized spacial score (nSPS) is 28.3. The van der Waals surface area contributed by atoms with E-state index in [1.807, 2.05) is 60.7 Å². The minimum Gasteiger partial charge on any atom is -0.388 e. The van der Waals surface area contributed by atoms with Crippen molar-refractivity contribution in [2.24, 2.45) is 0 Å². The van der Waals surface area contributed by atoms with Crippen LogP contribution in [0.3, 0.4) is 0 Å². The first-order valence-electron chi connectivity index (χ1n) is 8.35. The third kappa shape index (κ3) is 4.62. The fraction of sp³-hybridized carbons (Fsp3) is 0.368. The molecule has 1 saturated heterocycles. The number of benzene rings is 2. The number of aliphatic hydroxyl groups excluding tert-OH is 1. The lowest BCUT2D eigenvalue weighted by atomic mass is 10.1. The molecular weight excluding hydrogens is 292 g/mol. The molecule has 3 rings (SSSR count). The molecule has 1 fully saturated rings. The monoisotopic (exact) mass is 315 g/mol. The standard InChI is InChI=1S/C19H22O4/c20-17-13-21-14-18(22-11-15-7-3-1-4-8-15)19(17)23-12-16-9-5-2-6-10-16/h1-10,17-20H,11-14H2/t17-,18-,19-/m1/s1/i13D/t13-,17-,18-,19-. The van der Waals surface area contributed by atoms with Crippen LogP contribution in [0.15, 0.2) is 60.7 Å². The van der Waals surface area contributed by atoms with Gasteiger partial charge in [-0.15, -0.1) is 0 Å². The molecule has 4 nitrogen and oxygen atoms in total. The molecule has 0 aliphatic carbocycles. The molecule has 1 heterocycles. The van der Waals surface area contributed by atoms with E-state index < -0.39 is 24.9 Å². The second-order valence-electron chi connectivity index (χ2n) is 5.56. The van der Waals surface area contributed by atoms with Gasteiger partial charge in [0, 0.05) is 0 Å². The molecule has 4 heteroatoms. The van der Waals surface area contributed by atoms with Crippen molar-refractivity contribution in [3.63, 3.8) is 0 Å². The first kappa shape index (κ1) is 14.8. The lowest BCUT2D eigenvalue weighted by Gasteiger charge is -2.35. The summed E-state index contributed by atoms with van der Waals surface area (Å²) < 4.78 is 24.8. The smallest absolute Gasteiger partial charge is 0.114 e. The largest absolute Gasteiger partial charge is 0.388 e. The van der Waals surface area contributed by atoms with Crippen LogP contribution in [0.4, 0.5) is 0 Å². The van der Waals surface area contributed by atoms with E-state index in [1.165, 1.54) is 0 Å².